The topological polar surface area (TPSA) is 49.3 Å². The molecule has 5 nitrogen and oxygen atoms in total. The Hall–Kier alpha value is -1.75. The predicted octanol–water partition coefficient (Wildman–Crippen LogP) is 0.553. The van der Waals surface area contributed by atoms with Crippen LogP contribution in [-0.2, 0) is 11.3 Å². The lowest BCUT2D eigenvalue weighted by molar-refractivity contribution is -0.125. The van der Waals surface area contributed by atoms with Crippen molar-refractivity contribution in [2.24, 2.45) is 0 Å². The normalized spacial score (nSPS) is 11.1. The lowest BCUT2D eigenvalue weighted by atomic mass is 10.3. The molecule has 92 valence electrons. The average Bonchev–Trinajstić information content (AvgIpc) is 2.29. The summed E-state index contributed by atoms with van der Waals surface area (Å²) in [5.41, 5.74) is 0.782. The van der Waals surface area contributed by atoms with E-state index < -0.39 is 0 Å². The van der Waals surface area contributed by atoms with Gasteiger partial charge in [-0.3, -0.25) is 4.79 Å². The lowest BCUT2D eigenvalue weighted by Gasteiger charge is -2.14. The Morgan fingerprint density at radius 3 is 2.76 bits per heavy atom. The first-order valence-corrected chi connectivity index (χ1v) is 5.42. The molecule has 0 unspecified atom stereocenters. The summed E-state index contributed by atoms with van der Waals surface area (Å²) in [5, 5.41) is 7.70. The minimum atomic E-state index is -0.0301. The summed E-state index contributed by atoms with van der Waals surface area (Å²) in [4.78, 5) is 15.3. The molecule has 1 amide bonds. The summed E-state index contributed by atoms with van der Waals surface area (Å²) in [7, 11) is 5.66. The van der Waals surface area contributed by atoms with Crippen LogP contribution in [0.25, 0.3) is 0 Å². The fraction of sp³-hybridized carbons (Fsp3) is 0.417. The molecule has 1 heterocycles. The molecule has 0 fully saturated rings. The molecule has 0 aliphatic rings. The third-order valence-electron chi connectivity index (χ3n) is 2.13. The van der Waals surface area contributed by atoms with E-state index in [-0.39, 0.29) is 5.91 Å². The van der Waals surface area contributed by atoms with E-state index in [1.807, 2.05) is 37.2 Å². The highest BCUT2D eigenvalue weighted by atomic mass is 16.2. The largest absolute Gasteiger partial charge is 0.336 e. The van der Waals surface area contributed by atoms with Crippen LogP contribution in [-0.4, -0.2) is 53.6 Å². The van der Waals surface area contributed by atoms with Crippen LogP contribution in [0.2, 0.25) is 0 Å². The second kappa shape index (κ2) is 6.75. The highest BCUT2D eigenvalue weighted by Gasteiger charge is 2.06. The number of hydrogen-bond acceptors (Lipinski definition) is 4. The van der Waals surface area contributed by atoms with E-state index in [0.29, 0.717) is 6.54 Å². The lowest BCUT2D eigenvalue weighted by Crippen LogP contribution is -2.25. The molecule has 17 heavy (non-hydrogen) atoms. The smallest absolute Gasteiger partial charge is 0.246 e. The molecule has 0 atom stereocenters. The second-order valence-electron chi connectivity index (χ2n) is 4.07. The number of likely N-dealkylation sites (N-methyl/N-ethyl adjacent to an activating group) is 2. The van der Waals surface area contributed by atoms with Gasteiger partial charge in [0.1, 0.15) is 0 Å². The Balaban J connectivity index is 2.45. The maximum Gasteiger partial charge on any atom is 0.246 e. The zero-order chi connectivity index (χ0) is 12.7. The minimum Gasteiger partial charge on any atom is -0.336 e. The summed E-state index contributed by atoms with van der Waals surface area (Å²) in [5.74, 6) is -0.0301. The van der Waals surface area contributed by atoms with Crippen molar-refractivity contribution in [3.05, 3.63) is 36.2 Å². The fourth-order valence-corrected chi connectivity index (χ4v) is 1.23. The molecule has 0 bridgehead atoms. The Kier molecular flexibility index (Phi) is 5.29. The Morgan fingerprint density at radius 2 is 2.18 bits per heavy atom. The van der Waals surface area contributed by atoms with Crippen LogP contribution >= 0.6 is 0 Å². The van der Waals surface area contributed by atoms with Crippen molar-refractivity contribution in [2.75, 3.05) is 27.7 Å². The third-order valence-corrected chi connectivity index (χ3v) is 2.13. The summed E-state index contributed by atoms with van der Waals surface area (Å²) >= 11 is 0. The molecule has 0 aliphatic heterocycles. The van der Waals surface area contributed by atoms with Crippen molar-refractivity contribution in [1.29, 1.82) is 0 Å². The molecule has 0 radical (unpaired) electrons. The van der Waals surface area contributed by atoms with Crippen LogP contribution in [0.4, 0.5) is 0 Å². The molecule has 5 heteroatoms. The quantitative estimate of drug-likeness (QED) is 0.698. The average molecular weight is 234 g/mol. The molecule has 1 rings (SSSR count). The number of nitrogens with zero attached hydrogens (tertiary/aromatic N) is 4. The molecule has 1 aromatic rings. The van der Waals surface area contributed by atoms with E-state index >= 15 is 0 Å². The molecule has 0 spiro atoms. The minimum absolute atomic E-state index is 0.0301. The Labute approximate surface area is 102 Å². The van der Waals surface area contributed by atoms with Gasteiger partial charge in [-0.2, -0.15) is 10.2 Å². The van der Waals surface area contributed by atoms with Crippen LogP contribution in [0.5, 0.6) is 0 Å². The first-order valence-electron chi connectivity index (χ1n) is 5.42. The van der Waals surface area contributed by atoms with Gasteiger partial charge in [-0.25, -0.2) is 0 Å². The van der Waals surface area contributed by atoms with E-state index in [9.17, 15) is 4.79 Å². The summed E-state index contributed by atoms with van der Waals surface area (Å²) in [6.45, 7) is 1.23. The van der Waals surface area contributed by atoms with Gasteiger partial charge in [0.2, 0.25) is 5.91 Å². The molecular weight excluding hydrogens is 216 g/mol. The maximum absolute atomic E-state index is 11.7. The molecule has 0 N–H and O–H groups in total. The van der Waals surface area contributed by atoms with Gasteiger partial charge in [-0.1, -0.05) is 6.08 Å². The van der Waals surface area contributed by atoms with Gasteiger partial charge < -0.3 is 9.80 Å². The van der Waals surface area contributed by atoms with E-state index in [2.05, 4.69) is 10.2 Å². The molecular formula is C12H18N4O. The van der Waals surface area contributed by atoms with Crippen LogP contribution in [0.15, 0.2) is 30.5 Å². The molecule has 1 aromatic heterocycles. The number of rotatable bonds is 5. The number of hydrogen-bond donors (Lipinski definition) is 0. The Morgan fingerprint density at radius 1 is 1.41 bits per heavy atom. The van der Waals surface area contributed by atoms with Gasteiger partial charge in [-0.05, 0) is 26.2 Å². The van der Waals surface area contributed by atoms with Crippen molar-refractivity contribution < 1.29 is 4.79 Å². The fourth-order valence-electron chi connectivity index (χ4n) is 1.23. The van der Waals surface area contributed by atoms with Crippen molar-refractivity contribution in [3.63, 3.8) is 0 Å². The zero-order valence-electron chi connectivity index (χ0n) is 10.5. The second-order valence-corrected chi connectivity index (χ2v) is 4.07. The number of aromatic nitrogens is 2. The SMILES string of the molecule is CN(C)C/C=C/C(=O)N(C)Cc1cccnn1. The van der Waals surface area contributed by atoms with Gasteiger partial charge in [0.15, 0.2) is 0 Å². The van der Waals surface area contributed by atoms with Crippen molar-refractivity contribution >= 4 is 5.91 Å². The molecule has 0 aliphatic carbocycles. The number of carbonyl (C=O) groups is 1. The van der Waals surface area contributed by atoms with Crippen LogP contribution in [0.3, 0.4) is 0 Å². The summed E-state index contributed by atoms with van der Waals surface area (Å²) in [6.07, 6.45) is 5.04. The van der Waals surface area contributed by atoms with Gasteiger partial charge in [0, 0.05) is 25.9 Å². The zero-order valence-corrected chi connectivity index (χ0v) is 10.5. The highest BCUT2D eigenvalue weighted by Crippen LogP contribution is 1.98. The first kappa shape index (κ1) is 13.3. The number of amides is 1. The van der Waals surface area contributed by atoms with Crippen LogP contribution < -0.4 is 0 Å². The van der Waals surface area contributed by atoms with Crippen molar-refractivity contribution in [3.8, 4) is 0 Å². The molecule has 0 aromatic carbocycles. The standard InChI is InChI=1S/C12H18N4O/c1-15(2)9-5-7-12(17)16(3)10-11-6-4-8-13-14-11/h4-8H,9-10H2,1-3H3/b7-5+. The Bertz CT molecular complexity index is 375. The first-order chi connectivity index (χ1) is 8.09. The van der Waals surface area contributed by atoms with Crippen LogP contribution in [0.1, 0.15) is 5.69 Å². The predicted molar refractivity (Wildman–Crippen MR) is 66.2 cm³/mol. The van der Waals surface area contributed by atoms with E-state index in [4.69, 9.17) is 0 Å². The summed E-state index contributed by atoms with van der Waals surface area (Å²) < 4.78 is 0. The molecule has 0 saturated carbocycles. The van der Waals surface area contributed by atoms with Gasteiger partial charge >= 0.3 is 0 Å². The highest BCUT2D eigenvalue weighted by molar-refractivity contribution is 5.87. The van der Waals surface area contributed by atoms with E-state index in [0.717, 1.165) is 12.2 Å². The van der Waals surface area contributed by atoms with E-state index in [1.54, 1.807) is 24.2 Å². The third kappa shape index (κ3) is 5.21. The van der Waals surface area contributed by atoms with Gasteiger partial charge in [0.05, 0.1) is 12.2 Å². The summed E-state index contributed by atoms with van der Waals surface area (Å²) in [6, 6.07) is 3.66. The van der Waals surface area contributed by atoms with Crippen LogP contribution in [0, 0.1) is 0 Å². The van der Waals surface area contributed by atoms with Crippen molar-refractivity contribution in [1.82, 2.24) is 20.0 Å². The molecule has 0 saturated heterocycles. The van der Waals surface area contributed by atoms with Gasteiger partial charge in [0.25, 0.3) is 0 Å². The number of carbonyl (C=O) groups excluding carboxylic acids is 1. The van der Waals surface area contributed by atoms with Crippen molar-refractivity contribution in [2.45, 2.75) is 6.54 Å². The van der Waals surface area contributed by atoms with Gasteiger partial charge in [-0.15, -0.1) is 0 Å². The maximum atomic E-state index is 11.7. The van der Waals surface area contributed by atoms with E-state index in [1.165, 1.54) is 0 Å². The monoisotopic (exact) mass is 234 g/mol.